The molecule has 3 aromatic rings. The van der Waals surface area contributed by atoms with Crippen molar-refractivity contribution in [2.75, 3.05) is 18.4 Å². The molecule has 1 fully saturated rings. The monoisotopic (exact) mass is 445 g/mol. The fraction of sp³-hybridized carbons (Fsp3) is 0.391. The van der Waals surface area contributed by atoms with E-state index in [1.54, 1.807) is 6.07 Å². The van der Waals surface area contributed by atoms with Gasteiger partial charge in [-0.25, -0.2) is 0 Å². The molecule has 0 saturated carbocycles. The lowest BCUT2D eigenvalue weighted by Gasteiger charge is -2.24. The lowest BCUT2D eigenvalue weighted by atomic mass is 10.00. The summed E-state index contributed by atoms with van der Waals surface area (Å²) in [6.07, 6.45) is -3.35. The first-order valence-corrected chi connectivity index (χ1v) is 10.6. The second-order valence-electron chi connectivity index (χ2n) is 8.05. The summed E-state index contributed by atoms with van der Waals surface area (Å²) < 4.78 is 46.1. The van der Waals surface area contributed by atoms with Crippen LogP contribution in [0, 0.1) is 13.8 Å². The number of nitrogens with zero attached hydrogens (tertiary/aromatic N) is 2. The van der Waals surface area contributed by atoms with E-state index in [9.17, 15) is 13.2 Å². The Bertz CT molecular complexity index is 1110. The molecule has 170 valence electrons. The fourth-order valence-corrected chi connectivity index (χ4v) is 4.08. The molecular weight excluding hydrogens is 419 g/mol. The van der Waals surface area contributed by atoms with Crippen LogP contribution >= 0.6 is 0 Å². The first-order chi connectivity index (χ1) is 15.2. The third kappa shape index (κ3) is 4.63. The summed E-state index contributed by atoms with van der Waals surface area (Å²) in [5.74, 6) is 1.11. The Morgan fingerprint density at radius 1 is 1.09 bits per heavy atom. The maximum absolute atomic E-state index is 13.3. The van der Waals surface area contributed by atoms with Crippen LogP contribution in [0.25, 0.3) is 10.8 Å². The Morgan fingerprint density at radius 3 is 2.56 bits per heavy atom. The normalized spacial score (nSPS) is 16.2. The molecule has 1 aromatic heterocycles. The average molecular weight is 445 g/mol. The van der Waals surface area contributed by atoms with Gasteiger partial charge in [0, 0.05) is 10.8 Å². The van der Waals surface area contributed by atoms with Gasteiger partial charge in [-0.15, -0.1) is 5.10 Å². The number of halogens is 3. The highest BCUT2D eigenvalue weighted by Gasteiger charge is 2.33. The smallest absolute Gasteiger partial charge is 0.416 e. The number of anilines is 1. The summed E-state index contributed by atoms with van der Waals surface area (Å²) in [6.45, 7) is 5.11. The predicted octanol–water partition coefficient (Wildman–Crippen LogP) is 4.47. The number of hydrogen-bond acceptors (Lipinski definition) is 6. The minimum atomic E-state index is -4.45. The van der Waals surface area contributed by atoms with Crippen molar-refractivity contribution in [3.8, 4) is 5.75 Å². The second-order valence-corrected chi connectivity index (χ2v) is 8.05. The summed E-state index contributed by atoms with van der Waals surface area (Å²) in [7, 11) is 0. The van der Waals surface area contributed by atoms with Crippen molar-refractivity contribution in [2.45, 2.75) is 45.1 Å². The van der Waals surface area contributed by atoms with E-state index in [0.29, 0.717) is 17.1 Å². The molecule has 0 radical (unpaired) electrons. The molecule has 1 aliphatic rings. The highest BCUT2D eigenvalue weighted by molar-refractivity contribution is 5.94. The van der Waals surface area contributed by atoms with Gasteiger partial charge < -0.3 is 21.1 Å². The zero-order chi connectivity index (χ0) is 22.9. The molecule has 0 aliphatic carbocycles. The lowest BCUT2D eigenvalue weighted by Crippen LogP contribution is -2.34. The maximum atomic E-state index is 13.3. The Balaban J connectivity index is 1.65. The summed E-state index contributed by atoms with van der Waals surface area (Å²) >= 11 is 0. The van der Waals surface area contributed by atoms with Gasteiger partial charge >= 0.3 is 6.18 Å². The SMILES string of the molecule is Cc1c([C@@H](N)Nc2nnc(C)c3ccc(OC4CCNCC4)cc23)cccc1C(F)(F)F. The molecule has 1 atom stereocenters. The van der Waals surface area contributed by atoms with Gasteiger partial charge in [0.2, 0.25) is 0 Å². The average Bonchev–Trinajstić information content (AvgIpc) is 2.76. The van der Waals surface area contributed by atoms with Gasteiger partial charge in [0.05, 0.1) is 11.3 Å². The Labute approximate surface area is 184 Å². The first kappa shape index (κ1) is 22.3. The molecule has 0 unspecified atom stereocenters. The predicted molar refractivity (Wildman–Crippen MR) is 118 cm³/mol. The van der Waals surface area contributed by atoms with Crippen molar-refractivity contribution in [1.82, 2.24) is 15.5 Å². The lowest BCUT2D eigenvalue weighted by molar-refractivity contribution is -0.138. The number of fused-ring (bicyclic) bond motifs is 1. The number of aromatic nitrogens is 2. The summed E-state index contributed by atoms with van der Waals surface area (Å²) in [5, 5.41) is 16.4. The molecule has 0 spiro atoms. The molecule has 1 saturated heterocycles. The van der Waals surface area contributed by atoms with E-state index in [1.807, 2.05) is 25.1 Å². The van der Waals surface area contributed by atoms with Crippen molar-refractivity contribution in [3.63, 3.8) is 0 Å². The molecule has 4 rings (SSSR count). The zero-order valence-corrected chi connectivity index (χ0v) is 18.0. The number of nitrogens with two attached hydrogens (primary N) is 1. The molecule has 0 amide bonds. The zero-order valence-electron chi connectivity index (χ0n) is 18.0. The van der Waals surface area contributed by atoms with Crippen molar-refractivity contribution in [2.24, 2.45) is 5.73 Å². The highest BCUT2D eigenvalue weighted by atomic mass is 19.4. The molecule has 6 nitrogen and oxygen atoms in total. The topological polar surface area (TPSA) is 85.1 Å². The van der Waals surface area contributed by atoms with E-state index in [4.69, 9.17) is 10.5 Å². The summed E-state index contributed by atoms with van der Waals surface area (Å²) in [4.78, 5) is 0. The van der Waals surface area contributed by atoms with Crippen LogP contribution in [-0.2, 0) is 6.18 Å². The highest BCUT2D eigenvalue weighted by Crippen LogP contribution is 2.35. The van der Waals surface area contributed by atoms with Crippen LogP contribution in [0.4, 0.5) is 19.0 Å². The molecule has 2 heterocycles. The number of nitrogens with one attached hydrogen (secondary N) is 2. The third-order valence-electron chi connectivity index (χ3n) is 5.83. The van der Waals surface area contributed by atoms with Crippen LogP contribution in [0.1, 0.15) is 41.4 Å². The number of rotatable bonds is 5. The third-order valence-corrected chi connectivity index (χ3v) is 5.83. The standard InChI is InChI=1S/C23H26F3N5O/c1-13-17(4-3-5-20(13)23(24,25)26)21(27)29-22-19-12-16(32-15-8-10-28-11-9-15)6-7-18(19)14(2)30-31-22/h3-7,12,15,21,28H,8-11,27H2,1-2H3,(H,29,31)/t21-/m0/s1. The van der Waals surface area contributed by atoms with Gasteiger partial charge in [-0.05, 0) is 75.2 Å². The van der Waals surface area contributed by atoms with Gasteiger partial charge in [0.15, 0.2) is 5.82 Å². The van der Waals surface area contributed by atoms with Crippen LogP contribution in [0.15, 0.2) is 36.4 Å². The molecule has 32 heavy (non-hydrogen) atoms. The van der Waals surface area contributed by atoms with Crippen LogP contribution in [-0.4, -0.2) is 29.4 Å². The van der Waals surface area contributed by atoms with E-state index in [0.717, 1.165) is 48.5 Å². The van der Waals surface area contributed by atoms with Crippen LogP contribution in [0.5, 0.6) is 5.75 Å². The van der Waals surface area contributed by atoms with E-state index in [1.165, 1.54) is 13.0 Å². The van der Waals surface area contributed by atoms with Crippen LogP contribution < -0.4 is 21.1 Å². The second kappa shape index (κ2) is 8.91. The van der Waals surface area contributed by atoms with Gasteiger partial charge in [-0.2, -0.15) is 18.3 Å². The molecule has 4 N–H and O–H groups in total. The number of aryl methyl sites for hydroxylation is 1. The van der Waals surface area contributed by atoms with E-state index in [2.05, 4.69) is 20.8 Å². The summed E-state index contributed by atoms with van der Waals surface area (Å²) in [6, 6.07) is 9.69. The van der Waals surface area contributed by atoms with Gasteiger partial charge in [0.1, 0.15) is 18.0 Å². The van der Waals surface area contributed by atoms with Crippen molar-refractivity contribution in [3.05, 3.63) is 58.8 Å². The van der Waals surface area contributed by atoms with E-state index in [-0.39, 0.29) is 11.7 Å². The van der Waals surface area contributed by atoms with Gasteiger partial charge in [-0.1, -0.05) is 12.1 Å². The maximum Gasteiger partial charge on any atom is 0.416 e. The van der Waals surface area contributed by atoms with Crippen molar-refractivity contribution in [1.29, 1.82) is 0 Å². The van der Waals surface area contributed by atoms with Crippen molar-refractivity contribution < 1.29 is 17.9 Å². The number of piperidine rings is 1. The molecule has 0 bridgehead atoms. The number of hydrogen-bond donors (Lipinski definition) is 3. The minimum absolute atomic E-state index is 0.0827. The molecule has 9 heteroatoms. The van der Waals surface area contributed by atoms with Gasteiger partial charge in [-0.3, -0.25) is 0 Å². The van der Waals surface area contributed by atoms with Crippen LogP contribution in [0.3, 0.4) is 0 Å². The Morgan fingerprint density at radius 2 is 1.84 bits per heavy atom. The minimum Gasteiger partial charge on any atom is -0.490 e. The Kier molecular flexibility index (Phi) is 6.21. The first-order valence-electron chi connectivity index (χ1n) is 10.6. The van der Waals surface area contributed by atoms with E-state index >= 15 is 0 Å². The van der Waals surface area contributed by atoms with Gasteiger partial charge in [0.25, 0.3) is 0 Å². The number of ether oxygens (including phenoxy) is 1. The van der Waals surface area contributed by atoms with Crippen molar-refractivity contribution >= 4 is 16.6 Å². The quantitative estimate of drug-likeness (QED) is 0.503. The molecule has 2 aromatic carbocycles. The summed E-state index contributed by atoms with van der Waals surface area (Å²) in [5.41, 5.74) is 6.73. The molecular formula is C23H26F3N5O. The largest absolute Gasteiger partial charge is 0.490 e. The molecule has 1 aliphatic heterocycles. The van der Waals surface area contributed by atoms with Crippen LogP contribution in [0.2, 0.25) is 0 Å². The fourth-order valence-electron chi connectivity index (χ4n) is 4.08. The number of alkyl halides is 3. The number of benzene rings is 2. The Hall–Kier alpha value is -2.91. The van der Waals surface area contributed by atoms with E-state index < -0.39 is 17.9 Å².